The highest BCUT2D eigenvalue weighted by molar-refractivity contribution is 7.47. The molecule has 109 heavy (non-hydrogen) atoms. The lowest BCUT2D eigenvalue weighted by molar-refractivity contribution is -0.161. The molecular weight excluding hydrogens is 1410 g/mol. The zero-order valence-corrected chi connectivity index (χ0v) is 73.5. The van der Waals surface area contributed by atoms with Crippen LogP contribution in [0.2, 0.25) is 0 Å². The third-order valence-corrected chi connectivity index (χ3v) is 23.2. The number of unbranched alkanes of at least 4 members (excludes halogenated alkanes) is 62. The minimum absolute atomic E-state index is 0.109. The number of esters is 4. The highest BCUT2D eigenvalue weighted by Crippen LogP contribution is 2.45. The first kappa shape index (κ1) is 107. The van der Waals surface area contributed by atoms with Crippen LogP contribution < -0.4 is 0 Å². The lowest BCUT2D eigenvalue weighted by Crippen LogP contribution is -2.30. The van der Waals surface area contributed by atoms with Crippen molar-refractivity contribution in [2.24, 2.45) is 5.92 Å². The van der Waals surface area contributed by atoms with Gasteiger partial charge in [-0.15, -0.1) is 0 Å². The molecule has 0 saturated carbocycles. The molecular formula is C90H176O17P2. The smallest absolute Gasteiger partial charge is 0.462 e. The van der Waals surface area contributed by atoms with Crippen molar-refractivity contribution in [3.05, 3.63) is 0 Å². The van der Waals surface area contributed by atoms with Crippen LogP contribution in [0.4, 0.5) is 0 Å². The van der Waals surface area contributed by atoms with E-state index in [1.165, 1.54) is 315 Å². The van der Waals surface area contributed by atoms with E-state index in [4.69, 9.17) is 37.0 Å². The molecule has 17 nitrogen and oxygen atoms in total. The predicted octanol–water partition coefficient (Wildman–Crippen LogP) is 27.9. The van der Waals surface area contributed by atoms with Crippen molar-refractivity contribution < 1.29 is 80.2 Å². The van der Waals surface area contributed by atoms with E-state index in [1.54, 1.807) is 0 Å². The van der Waals surface area contributed by atoms with Gasteiger partial charge in [-0.25, -0.2) is 9.13 Å². The molecule has 0 aliphatic rings. The van der Waals surface area contributed by atoms with Crippen LogP contribution in [0, 0.1) is 5.92 Å². The maximum absolute atomic E-state index is 13.2. The molecule has 5 atom stereocenters. The molecule has 0 saturated heterocycles. The van der Waals surface area contributed by atoms with E-state index in [0.717, 1.165) is 95.8 Å². The van der Waals surface area contributed by atoms with Crippen LogP contribution in [0.5, 0.6) is 0 Å². The fraction of sp³-hybridized carbons (Fsp3) is 0.956. The Morgan fingerprint density at radius 1 is 0.248 bits per heavy atom. The molecule has 0 aliphatic carbocycles. The average Bonchev–Trinajstić information content (AvgIpc) is 0.900. The van der Waals surface area contributed by atoms with Crippen LogP contribution >= 0.6 is 15.6 Å². The lowest BCUT2D eigenvalue weighted by Gasteiger charge is -2.21. The van der Waals surface area contributed by atoms with Gasteiger partial charge in [-0.3, -0.25) is 37.3 Å². The standard InChI is InChI=1S/C90H176O17P2/c1-6-9-12-15-18-21-23-25-27-29-31-33-38-42-46-50-54-59-64-69-74-88(93)101-80-86(107-90(95)76-71-66-61-56-52-48-44-40-36-35-37-41-45-49-53-57-62-67-72-83(4)5)82-105-109(98,99)103-78-84(91)77-102-108(96,97)104-81-85(79-100-87(92)73-68-63-58-20-17-14-11-8-3)106-89(94)75-70-65-60-55-51-47-43-39-34-32-30-28-26-24-22-19-16-13-10-7-2/h83-86,91H,6-82H2,1-5H3,(H,96,97)(H,98,99)/t84-,85+,86+/m0/s1. The molecule has 0 spiro atoms. The van der Waals surface area contributed by atoms with Crippen molar-refractivity contribution in [2.45, 2.75) is 509 Å². The molecule has 19 heteroatoms. The molecule has 0 aromatic heterocycles. The fourth-order valence-electron chi connectivity index (χ4n) is 14.2. The quantitative estimate of drug-likeness (QED) is 0.0222. The highest BCUT2D eigenvalue weighted by atomic mass is 31.2. The Kier molecular flexibility index (Phi) is 81.1. The number of phosphoric ester groups is 2. The number of carbonyl (C=O) groups excluding carboxylic acids is 4. The minimum Gasteiger partial charge on any atom is -0.462 e. The van der Waals surface area contributed by atoms with Gasteiger partial charge >= 0.3 is 39.5 Å². The zero-order chi connectivity index (χ0) is 79.7. The molecule has 3 N–H and O–H groups in total. The van der Waals surface area contributed by atoms with Gasteiger partial charge in [0.2, 0.25) is 0 Å². The van der Waals surface area contributed by atoms with Crippen molar-refractivity contribution in [3.8, 4) is 0 Å². The zero-order valence-electron chi connectivity index (χ0n) is 71.7. The number of hydrogen-bond acceptors (Lipinski definition) is 15. The Morgan fingerprint density at radius 2 is 0.422 bits per heavy atom. The van der Waals surface area contributed by atoms with Gasteiger partial charge in [0.05, 0.1) is 26.4 Å². The summed E-state index contributed by atoms with van der Waals surface area (Å²) in [6.45, 7) is 7.40. The number of hydrogen-bond donors (Lipinski definition) is 3. The first-order valence-corrected chi connectivity index (χ1v) is 49.6. The van der Waals surface area contributed by atoms with Gasteiger partial charge in [0.1, 0.15) is 19.3 Å². The van der Waals surface area contributed by atoms with Crippen LogP contribution in [0.25, 0.3) is 0 Å². The summed E-state index contributed by atoms with van der Waals surface area (Å²) in [5.41, 5.74) is 0. The lowest BCUT2D eigenvalue weighted by atomic mass is 10.0. The summed E-state index contributed by atoms with van der Waals surface area (Å²) in [5.74, 6) is -1.28. The first-order valence-electron chi connectivity index (χ1n) is 46.6. The largest absolute Gasteiger partial charge is 0.472 e. The monoisotopic (exact) mass is 1590 g/mol. The van der Waals surface area contributed by atoms with E-state index < -0.39 is 97.5 Å². The van der Waals surface area contributed by atoms with Gasteiger partial charge in [-0.05, 0) is 31.6 Å². The van der Waals surface area contributed by atoms with Crippen LogP contribution in [0.3, 0.4) is 0 Å². The van der Waals surface area contributed by atoms with Crippen molar-refractivity contribution in [1.29, 1.82) is 0 Å². The fourth-order valence-corrected chi connectivity index (χ4v) is 15.8. The predicted molar refractivity (Wildman–Crippen MR) is 451 cm³/mol. The maximum Gasteiger partial charge on any atom is 0.472 e. The summed E-state index contributed by atoms with van der Waals surface area (Å²) in [7, 11) is -9.93. The summed E-state index contributed by atoms with van der Waals surface area (Å²) in [6, 6.07) is 0. The van der Waals surface area contributed by atoms with Crippen LogP contribution in [-0.2, 0) is 65.4 Å². The SMILES string of the molecule is CCCCCCCCCCCCCCCCCCCCCCC(=O)OC[C@H](COP(=O)(O)OC[C@@H](O)COP(=O)(O)OC[C@@H](COC(=O)CCCCCCCCCC)OC(=O)CCCCCCCCCCCCCCCCCCCCCC)OC(=O)CCCCCCCCCCCCCCCCCCCCC(C)C. The van der Waals surface area contributed by atoms with Gasteiger partial charge in [0, 0.05) is 25.7 Å². The summed E-state index contributed by atoms with van der Waals surface area (Å²) >= 11 is 0. The van der Waals surface area contributed by atoms with Gasteiger partial charge in [-0.1, -0.05) is 439 Å². The Hall–Kier alpha value is -1.94. The summed E-state index contributed by atoms with van der Waals surface area (Å²) in [6.07, 6.45) is 78.1. The molecule has 0 heterocycles. The molecule has 0 aromatic rings. The van der Waals surface area contributed by atoms with Gasteiger partial charge in [-0.2, -0.15) is 0 Å². The van der Waals surface area contributed by atoms with Gasteiger partial charge in [0.25, 0.3) is 0 Å². The third kappa shape index (κ3) is 83.8. The maximum atomic E-state index is 13.2. The number of ether oxygens (including phenoxy) is 4. The normalized spacial score (nSPS) is 13.7. The van der Waals surface area contributed by atoms with E-state index in [-0.39, 0.29) is 25.7 Å². The second-order valence-corrected chi connectivity index (χ2v) is 35.7. The molecule has 0 aromatic carbocycles. The molecule has 0 radical (unpaired) electrons. The van der Waals surface area contributed by atoms with Gasteiger partial charge < -0.3 is 33.8 Å². The van der Waals surface area contributed by atoms with Crippen molar-refractivity contribution in [1.82, 2.24) is 0 Å². The Balaban J connectivity index is 5.16. The Morgan fingerprint density at radius 3 is 0.624 bits per heavy atom. The molecule has 0 rings (SSSR count). The number of rotatable bonds is 90. The summed E-state index contributed by atoms with van der Waals surface area (Å²) < 4.78 is 68.9. The molecule has 0 aliphatic heterocycles. The second-order valence-electron chi connectivity index (χ2n) is 32.8. The summed E-state index contributed by atoms with van der Waals surface area (Å²) in [4.78, 5) is 73.2. The number of aliphatic hydroxyl groups excluding tert-OH is 1. The molecule has 0 fully saturated rings. The number of carbonyl (C=O) groups is 4. The van der Waals surface area contributed by atoms with Crippen LogP contribution in [0.1, 0.15) is 490 Å². The van der Waals surface area contributed by atoms with Crippen LogP contribution in [-0.4, -0.2) is 96.7 Å². The summed E-state index contributed by atoms with van der Waals surface area (Å²) in [5, 5.41) is 10.7. The molecule has 0 bridgehead atoms. The number of phosphoric acid groups is 2. The Bertz CT molecular complexity index is 2070. The minimum atomic E-state index is -4.97. The van der Waals surface area contributed by atoms with E-state index >= 15 is 0 Å². The van der Waals surface area contributed by atoms with Crippen molar-refractivity contribution in [3.63, 3.8) is 0 Å². The molecule has 2 unspecified atom stereocenters. The number of aliphatic hydroxyl groups is 1. The molecule has 648 valence electrons. The van der Waals surface area contributed by atoms with Gasteiger partial charge in [0.15, 0.2) is 12.2 Å². The topological polar surface area (TPSA) is 237 Å². The average molecular weight is 1590 g/mol. The van der Waals surface area contributed by atoms with E-state index in [1.807, 2.05) is 0 Å². The van der Waals surface area contributed by atoms with Crippen molar-refractivity contribution >= 4 is 39.5 Å². The molecule has 0 amide bonds. The Labute approximate surface area is 670 Å². The highest BCUT2D eigenvalue weighted by Gasteiger charge is 2.31. The van der Waals surface area contributed by atoms with E-state index in [0.29, 0.717) is 25.7 Å². The van der Waals surface area contributed by atoms with Crippen LogP contribution in [0.15, 0.2) is 0 Å². The van der Waals surface area contributed by atoms with Crippen molar-refractivity contribution in [2.75, 3.05) is 39.6 Å². The third-order valence-electron chi connectivity index (χ3n) is 21.3. The van der Waals surface area contributed by atoms with E-state index in [2.05, 4.69) is 34.6 Å². The second kappa shape index (κ2) is 82.6. The van der Waals surface area contributed by atoms with E-state index in [9.17, 15) is 43.2 Å². The first-order chi connectivity index (χ1) is 53.0.